The first-order valence-corrected chi connectivity index (χ1v) is 15.1. The fourth-order valence-corrected chi connectivity index (χ4v) is 8.33. The van der Waals surface area contributed by atoms with Gasteiger partial charge in [0.1, 0.15) is 10.6 Å². The Labute approximate surface area is 248 Å². The van der Waals surface area contributed by atoms with Crippen LogP contribution in [0.3, 0.4) is 0 Å². The zero-order valence-corrected chi connectivity index (χ0v) is 24.3. The third kappa shape index (κ3) is 5.34. The highest BCUT2D eigenvalue weighted by atomic mass is 32.2. The molecule has 242 valence electrons. The predicted molar refractivity (Wildman–Crippen MR) is 140 cm³/mol. The largest absolute Gasteiger partial charge is 0.481 e. The lowest BCUT2D eigenvalue weighted by Crippen LogP contribution is -2.50. The van der Waals surface area contributed by atoms with Crippen LogP contribution in [0.25, 0.3) is 0 Å². The summed E-state index contributed by atoms with van der Waals surface area (Å²) in [7, 11) is -4.61. The summed E-state index contributed by atoms with van der Waals surface area (Å²) in [6.07, 6.45) is -12.3. The molecule has 0 spiro atoms. The van der Waals surface area contributed by atoms with Crippen LogP contribution < -0.4 is 0 Å². The maximum Gasteiger partial charge on any atom is 0.435 e. The van der Waals surface area contributed by atoms with Crippen LogP contribution in [-0.4, -0.2) is 55.7 Å². The van der Waals surface area contributed by atoms with E-state index in [0.29, 0.717) is 12.1 Å². The summed E-state index contributed by atoms with van der Waals surface area (Å²) in [5.41, 5.74) is -8.93. The minimum Gasteiger partial charge on any atom is -0.481 e. The Kier molecular flexibility index (Phi) is 8.40. The van der Waals surface area contributed by atoms with Gasteiger partial charge >= 0.3 is 24.0 Å². The summed E-state index contributed by atoms with van der Waals surface area (Å²) in [5, 5.41) is 9.31. The number of carboxylic acid groups (broad SMARTS) is 1. The molecule has 44 heavy (non-hydrogen) atoms. The number of hydrogen-bond acceptors (Lipinski definition) is 4. The summed E-state index contributed by atoms with van der Waals surface area (Å²) in [6.45, 7) is 2.19. The summed E-state index contributed by atoms with van der Waals surface area (Å²) in [5.74, 6) is -2.86. The lowest BCUT2D eigenvalue weighted by atomic mass is 9.71. The van der Waals surface area contributed by atoms with Gasteiger partial charge in [0, 0.05) is 24.1 Å². The number of rotatable bonds is 6. The van der Waals surface area contributed by atoms with Gasteiger partial charge in [0.15, 0.2) is 9.84 Å². The monoisotopic (exact) mass is 655 g/mol. The van der Waals surface area contributed by atoms with Crippen LogP contribution in [0.1, 0.15) is 55.7 Å². The lowest BCUT2D eigenvalue weighted by molar-refractivity contribution is -0.348. The van der Waals surface area contributed by atoms with Crippen molar-refractivity contribution in [2.45, 2.75) is 73.6 Å². The fourth-order valence-electron chi connectivity index (χ4n) is 6.16. The van der Waals surface area contributed by atoms with E-state index in [1.165, 1.54) is 11.8 Å². The van der Waals surface area contributed by atoms with Crippen molar-refractivity contribution in [3.63, 3.8) is 0 Å². The van der Waals surface area contributed by atoms with Gasteiger partial charge in [-0.15, -0.1) is 0 Å². The van der Waals surface area contributed by atoms with Crippen molar-refractivity contribution in [3.8, 4) is 0 Å². The smallest absolute Gasteiger partial charge is 0.435 e. The van der Waals surface area contributed by atoms with E-state index in [1.54, 1.807) is 6.92 Å². The first-order chi connectivity index (χ1) is 20.1. The number of carbonyl (C=O) groups excluding carboxylic acids is 1. The average Bonchev–Trinajstić information content (AvgIpc) is 3.40. The van der Waals surface area contributed by atoms with E-state index in [9.17, 15) is 58.2 Å². The Morgan fingerprint density at radius 1 is 0.909 bits per heavy atom. The molecule has 1 unspecified atom stereocenters. The van der Waals surface area contributed by atoms with Crippen molar-refractivity contribution < 1.29 is 58.2 Å². The summed E-state index contributed by atoms with van der Waals surface area (Å²) in [4.78, 5) is 25.9. The van der Waals surface area contributed by atoms with Crippen molar-refractivity contribution in [3.05, 3.63) is 65.0 Å². The van der Waals surface area contributed by atoms with Gasteiger partial charge in [0.25, 0.3) is 0 Å². The van der Waals surface area contributed by atoms with E-state index in [4.69, 9.17) is 0 Å². The molecule has 2 fully saturated rings. The Morgan fingerprint density at radius 2 is 1.45 bits per heavy atom. The zero-order chi connectivity index (χ0) is 33.1. The maximum atomic E-state index is 14.7. The van der Waals surface area contributed by atoms with Crippen LogP contribution in [-0.2, 0) is 29.8 Å². The van der Waals surface area contributed by atoms with Gasteiger partial charge in [-0.1, -0.05) is 31.2 Å². The van der Waals surface area contributed by atoms with Crippen molar-refractivity contribution in [2.75, 3.05) is 13.1 Å². The molecule has 2 aliphatic rings. The molecule has 2 aromatic carbocycles. The number of alkyl halides is 7. The van der Waals surface area contributed by atoms with Gasteiger partial charge < -0.3 is 10.0 Å². The minimum absolute atomic E-state index is 0.0530. The van der Waals surface area contributed by atoms with E-state index < -0.39 is 78.6 Å². The second-order valence-electron chi connectivity index (χ2n) is 11.8. The topological polar surface area (TPSA) is 91.8 Å². The molecule has 1 atom stereocenters. The summed E-state index contributed by atoms with van der Waals surface area (Å²) >= 11 is 0. The molecule has 4 rings (SSSR count). The molecule has 1 amide bonds. The number of carbonyl (C=O) groups is 2. The van der Waals surface area contributed by atoms with E-state index >= 15 is 0 Å². The van der Waals surface area contributed by atoms with Crippen LogP contribution in [0.4, 0.5) is 35.1 Å². The van der Waals surface area contributed by atoms with Crippen LogP contribution in [0.2, 0.25) is 0 Å². The fraction of sp³-hybridized carbons (Fsp3) is 0.517. The Morgan fingerprint density at radius 3 is 1.93 bits per heavy atom. The molecule has 6 nitrogen and oxygen atoms in total. The number of halogens is 8. The SMILES string of the molecule is Cc1cc(S(=O)(=O)C2(c3ccc(C(F)(C(F)(F)F)C(F)(F)F)cc3)CCN(C(=O)C3(C)CCC(C(=O)O)CC3)C2)ccc1F. The average molecular weight is 656 g/mol. The van der Waals surface area contributed by atoms with Crippen LogP contribution in [0.15, 0.2) is 47.4 Å². The van der Waals surface area contributed by atoms with E-state index in [2.05, 4.69) is 0 Å². The molecular weight excluding hydrogens is 626 g/mol. The Balaban J connectivity index is 1.79. The molecule has 0 bridgehead atoms. The van der Waals surface area contributed by atoms with Crippen LogP contribution >= 0.6 is 0 Å². The van der Waals surface area contributed by atoms with Crippen molar-refractivity contribution in [1.29, 1.82) is 0 Å². The Bertz CT molecular complexity index is 1530. The number of hydrogen-bond donors (Lipinski definition) is 1. The maximum absolute atomic E-state index is 14.7. The van der Waals surface area contributed by atoms with Crippen molar-refractivity contribution >= 4 is 21.7 Å². The number of amides is 1. The lowest BCUT2D eigenvalue weighted by Gasteiger charge is -2.38. The molecule has 1 aliphatic carbocycles. The van der Waals surface area contributed by atoms with Gasteiger partial charge in [-0.3, -0.25) is 9.59 Å². The van der Waals surface area contributed by atoms with E-state index in [0.717, 1.165) is 18.2 Å². The van der Waals surface area contributed by atoms with Gasteiger partial charge in [-0.2, -0.15) is 26.3 Å². The zero-order valence-electron chi connectivity index (χ0n) is 23.5. The van der Waals surface area contributed by atoms with Crippen molar-refractivity contribution in [2.24, 2.45) is 11.3 Å². The molecular formula is C29H29F8NO5S. The number of aliphatic carboxylic acids is 1. The first kappa shape index (κ1) is 33.7. The molecule has 15 heteroatoms. The minimum atomic E-state index is -6.38. The van der Waals surface area contributed by atoms with E-state index in [-0.39, 0.29) is 61.9 Å². The van der Waals surface area contributed by atoms with Crippen molar-refractivity contribution in [1.82, 2.24) is 4.90 Å². The number of aryl methyl sites for hydroxylation is 1. The van der Waals surface area contributed by atoms with Crippen LogP contribution in [0.5, 0.6) is 0 Å². The van der Waals surface area contributed by atoms with Crippen LogP contribution in [0, 0.1) is 24.1 Å². The quantitative estimate of drug-likeness (QED) is 0.280. The summed E-state index contributed by atoms with van der Waals surface area (Å²) in [6, 6.07) is 4.67. The second kappa shape index (κ2) is 11.0. The third-order valence-corrected chi connectivity index (χ3v) is 11.5. The molecule has 2 aromatic rings. The normalized spacial score (nSPS) is 25.2. The molecule has 0 radical (unpaired) electrons. The number of benzene rings is 2. The highest BCUT2D eigenvalue weighted by Gasteiger charge is 2.73. The molecule has 1 saturated heterocycles. The number of sulfone groups is 1. The molecule has 0 aromatic heterocycles. The third-order valence-electron chi connectivity index (χ3n) is 9.02. The predicted octanol–water partition coefficient (Wildman–Crippen LogP) is 6.61. The standard InChI is InChI=1S/C29H29F8NO5S/c1-17-15-21(7-8-22(17)30)44(42,43)26(19-3-5-20(6-4-19)27(31,28(32,33)34)29(35,36)37)13-14-38(16-26)24(41)25(2)11-9-18(10-12-25)23(39)40/h3-8,15,18H,9-14,16H2,1-2H3,(H,39,40). The highest BCUT2D eigenvalue weighted by molar-refractivity contribution is 7.92. The van der Waals surface area contributed by atoms with Gasteiger partial charge in [0.2, 0.25) is 5.91 Å². The Hall–Kier alpha value is -3.23. The number of nitrogens with zero attached hydrogens (tertiary/aromatic N) is 1. The van der Waals surface area contributed by atoms with Gasteiger partial charge in [-0.05, 0) is 68.4 Å². The molecule has 1 saturated carbocycles. The molecule has 1 heterocycles. The first-order valence-electron chi connectivity index (χ1n) is 13.6. The van der Waals surface area contributed by atoms with Gasteiger partial charge in [0.05, 0.1) is 10.8 Å². The summed E-state index contributed by atoms with van der Waals surface area (Å²) < 4.78 is 135. The van der Waals surface area contributed by atoms with E-state index in [1.807, 2.05) is 0 Å². The second-order valence-corrected chi connectivity index (χ2v) is 14.0. The van der Waals surface area contributed by atoms with Gasteiger partial charge in [-0.25, -0.2) is 17.2 Å². The number of carboxylic acids is 1. The number of likely N-dealkylation sites (tertiary alicyclic amines) is 1. The molecule has 1 N–H and O–H groups in total. The molecule has 1 aliphatic heterocycles. The highest BCUT2D eigenvalue weighted by Crippen LogP contribution is 2.54.